The summed E-state index contributed by atoms with van der Waals surface area (Å²) in [5, 5.41) is 6.54. The molecule has 0 aromatic heterocycles. The minimum Gasteiger partial charge on any atom is -0.316 e. The van der Waals surface area contributed by atoms with Gasteiger partial charge in [-0.05, 0) is 37.0 Å². The van der Waals surface area contributed by atoms with Crippen molar-refractivity contribution in [2.24, 2.45) is 0 Å². The fourth-order valence-corrected chi connectivity index (χ4v) is 5.07. The molecular formula is C18H24NPS. The topological polar surface area (TPSA) is 12.0 Å². The molecule has 2 aromatic carbocycles. The van der Waals surface area contributed by atoms with E-state index in [1.54, 1.807) is 0 Å². The SMILES string of the molecule is CCSCCNCCP(c1ccccc1)c1ccccc1. The highest BCUT2D eigenvalue weighted by Crippen LogP contribution is 2.32. The molecule has 0 aliphatic carbocycles. The van der Waals surface area contributed by atoms with Crippen molar-refractivity contribution in [2.45, 2.75) is 6.92 Å². The molecule has 0 amide bonds. The van der Waals surface area contributed by atoms with Crippen LogP contribution in [0.3, 0.4) is 0 Å². The lowest BCUT2D eigenvalue weighted by Gasteiger charge is -2.19. The van der Waals surface area contributed by atoms with E-state index in [2.05, 4.69) is 72.9 Å². The van der Waals surface area contributed by atoms with Crippen LogP contribution in [0.5, 0.6) is 0 Å². The third kappa shape index (κ3) is 5.82. The van der Waals surface area contributed by atoms with Crippen LogP contribution in [0.4, 0.5) is 0 Å². The first-order valence-electron chi connectivity index (χ1n) is 7.58. The van der Waals surface area contributed by atoms with Gasteiger partial charge in [-0.3, -0.25) is 0 Å². The summed E-state index contributed by atoms with van der Waals surface area (Å²) in [5.74, 6) is 2.42. The average molecular weight is 317 g/mol. The van der Waals surface area contributed by atoms with Crippen LogP contribution in [-0.4, -0.2) is 30.8 Å². The first kappa shape index (κ1) is 16.5. The Morgan fingerprint density at radius 1 is 0.857 bits per heavy atom. The Labute approximate surface area is 134 Å². The third-order valence-electron chi connectivity index (χ3n) is 3.28. The van der Waals surface area contributed by atoms with Gasteiger partial charge in [0.25, 0.3) is 0 Å². The normalized spacial score (nSPS) is 11.0. The van der Waals surface area contributed by atoms with Gasteiger partial charge < -0.3 is 5.32 Å². The van der Waals surface area contributed by atoms with Crippen molar-refractivity contribution in [2.75, 3.05) is 30.8 Å². The van der Waals surface area contributed by atoms with E-state index in [4.69, 9.17) is 0 Å². The molecule has 0 spiro atoms. The molecule has 0 aliphatic rings. The molecule has 0 bridgehead atoms. The highest BCUT2D eigenvalue weighted by Gasteiger charge is 2.12. The number of nitrogens with one attached hydrogen (secondary N) is 1. The van der Waals surface area contributed by atoms with Crippen molar-refractivity contribution < 1.29 is 0 Å². The van der Waals surface area contributed by atoms with E-state index in [1.807, 2.05) is 11.8 Å². The third-order valence-corrected chi connectivity index (χ3v) is 6.69. The van der Waals surface area contributed by atoms with Crippen molar-refractivity contribution in [1.29, 1.82) is 0 Å². The van der Waals surface area contributed by atoms with Crippen LogP contribution in [0.15, 0.2) is 60.7 Å². The number of hydrogen-bond donors (Lipinski definition) is 1. The van der Waals surface area contributed by atoms with E-state index in [-0.39, 0.29) is 7.92 Å². The van der Waals surface area contributed by atoms with E-state index in [0.29, 0.717) is 0 Å². The van der Waals surface area contributed by atoms with Gasteiger partial charge in [-0.1, -0.05) is 67.6 Å². The Morgan fingerprint density at radius 3 is 1.95 bits per heavy atom. The molecule has 0 aliphatic heterocycles. The maximum absolute atomic E-state index is 3.59. The second kappa shape index (κ2) is 10.00. The van der Waals surface area contributed by atoms with Crippen LogP contribution in [0.1, 0.15) is 6.92 Å². The Morgan fingerprint density at radius 2 is 1.43 bits per heavy atom. The minimum atomic E-state index is -0.245. The maximum atomic E-state index is 3.59. The zero-order valence-electron chi connectivity index (χ0n) is 12.7. The van der Waals surface area contributed by atoms with Gasteiger partial charge in [-0.15, -0.1) is 0 Å². The van der Waals surface area contributed by atoms with Crippen molar-refractivity contribution >= 4 is 30.3 Å². The molecule has 0 atom stereocenters. The number of thioether (sulfide) groups is 1. The maximum Gasteiger partial charge on any atom is 0.00580 e. The van der Waals surface area contributed by atoms with Gasteiger partial charge in [0.2, 0.25) is 0 Å². The zero-order chi connectivity index (χ0) is 14.8. The Balaban J connectivity index is 1.94. The highest BCUT2D eigenvalue weighted by atomic mass is 32.2. The second-order valence-corrected chi connectivity index (χ2v) is 8.50. The molecule has 3 heteroatoms. The molecular weight excluding hydrogens is 293 g/mol. The molecule has 0 fully saturated rings. The van der Waals surface area contributed by atoms with Crippen molar-refractivity contribution in [3.05, 3.63) is 60.7 Å². The highest BCUT2D eigenvalue weighted by molar-refractivity contribution is 7.99. The Kier molecular flexibility index (Phi) is 7.88. The molecule has 21 heavy (non-hydrogen) atoms. The molecule has 1 N–H and O–H groups in total. The van der Waals surface area contributed by atoms with Crippen LogP contribution in [0, 0.1) is 0 Å². The van der Waals surface area contributed by atoms with Gasteiger partial charge in [-0.25, -0.2) is 0 Å². The van der Waals surface area contributed by atoms with Crippen LogP contribution in [0.2, 0.25) is 0 Å². The Bertz CT molecular complexity index is 450. The average Bonchev–Trinajstić information content (AvgIpc) is 2.56. The fourth-order valence-electron chi connectivity index (χ4n) is 2.23. The lowest BCUT2D eigenvalue weighted by Crippen LogP contribution is -2.24. The number of rotatable bonds is 9. The molecule has 2 rings (SSSR count). The standard InChI is InChI=1S/C18H24NPS/c1-2-21-16-14-19-13-15-20(17-9-5-3-6-10-17)18-11-7-4-8-12-18/h3-12,19H,2,13-16H2,1H3. The molecule has 0 unspecified atom stereocenters. The number of hydrogen-bond acceptors (Lipinski definition) is 2. The van der Waals surface area contributed by atoms with E-state index in [9.17, 15) is 0 Å². The lowest BCUT2D eigenvalue weighted by atomic mass is 10.4. The summed E-state index contributed by atoms with van der Waals surface area (Å²) in [5.41, 5.74) is 0. The van der Waals surface area contributed by atoms with Crippen LogP contribution in [-0.2, 0) is 0 Å². The van der Waals surface area contributed by atoms with Crippen LogP contribution in [0.25, 0.3) is 0 Å². The molecule has 112 valence electrons. The zero-order valence-corrected chi connectivity index (χ0v) is 14.4. The summed E-state index contributed by atoms with van der Waals surface area (Å²) in [4.78, 5) is 0. The Hall–Kier alpha value is -0.820. The van der Waals surface area contributed by atoms with Crippen molar-refractivity contribution in [3.8, 4) is 0 Å². The van der Waals surface area contributed by atoms with E-state index < -0.39 is 0 Å². The molecule has 0 saturated carbocycles. The summed E-state index contributed by atoms with van der Waals surface area (Å²) in [7, 11) is -0.245. The quantitative estimate of drug-likeness (QED) is 0.561. The van der Waals surface area contributed by atoms with Crippen molar-refractivity contribution in [3.63, 3.8) is 0 Å². The van der Waals surface area contributed by atoms with E-state index in [1.165, 1.54) is 28.3 Å². The minimum absolute atomic E-state index is 0.245. The summed E-state index contributed by atoms with van der Waals surface area (Å²) >= 11 is 2.00. The van der Waals surface area contributed by atoms with E-state index in [0.717, 1.165) is 13.1 Å². The lowest BCUT2D eigenvalue weighted by molar-refractivity contribution is 0.773. The predicted octanol–water partition coefficient (Wildman–Crippen LogP) is 3.46. The fraction of sp³-hybridized carbons (Fsp3) is 0.333. The molecule has 0 radical (unpaired) electrons. The van der Waals surface area contributed by atoms with Gasteiger partial charge in [0.05, 0.1) is 0 Å². The summed E-state index contributed by atoms with van der Waals surface area (Å²) in [6.07, 6.45) is 1.21. The van der Waals surface area contributed by atoms with Gasteiger partial charge >= 0.3 is 0 Å². The van der Waals surface area contributed by atoms with Gasteiger partial charge in [0.1, 0.15) is 0 Å². The van der Waals surface area contributed by atoms with Crippen molar-refractivity contribution in [1.82, 2.24) is 5.32 Å². The van der Waals surface area contributed by atoms with Crippen LogP contribution >= 0.6 is 19.7 Å². The molecule has 1 nitrogen and oxygen atoms in total. The summed E-state index contributed by atoms with van der Waals surface area (Å²) in [6.45, 7) is 4.43. The monoisotopic (exact) mass is 317 g/mol. The molecule has 2 aromatic rings. The first-order chi connectivity index (χ1) is 10.4. The summed E-state index contributed by atoms with van der Waals surface area (Å²) < 4.78 is 0. The largest absolute Gasteiger partial charge is 0.316 e. The van der Waals surface area contributed by atoms with E-state index >= 15 is 0 Å². The molecule has 0 saturated heterocycles. The number of benzene rings is 2. The summed E-state index contributed by atoms with van der Waals surface area (Å²) in [6, 6.07) is 21.9. The van der Waals surface area contributed by atoms with Gasteiger partial charge in [0, 0.05) is 12.3 Å². The van der Waals surface area contributed by atoms with Crippen LogP contribution < -0.4 is 15.9 Å². The second-order valence-electron chi connectivity index (χ2n) is 4.77. The van der Waals surface area contributed by atoms with Gasteiger partial charge in [-0.2, -0.15) is 11.8 Å². The first-order valence-corrected chi connectivity index (χ1v) is 10.3. The van der Waals surface area contributed by atoms with Gasteiger partial charge in [0.15, 0.2) is 0 Å². The smallest absolute Gasteiger partial charge is 0.00580 e. The molecule has 0 heterocycles. The predicted molar refractivity (Wildman–Crippen MR) is 99.8 cm³/mol.